The van der Waals surface area contributed by atoms with E-state index >= 15 is 0 Å². The Hall–Kier alpha value is -3.08. The highest BCUT2D eigenvalue weighted by atomic mass is 16.5. The second-order valence-electron chi connectivity index (χ2n) is 6.89. The predicted molar refractivity (Wildman–Crippen MR) is 110 cm³/mol. The van der Waals surface area contributed by atoms with E-state index in [0.717, 1.165) is 42.8 Å². The summed E-state index contributed by atoms with van der Waals surface area (Å²) in [5.41, 5.74) is 1.89. The highest BCUT2D eigenvalue weighted by Crippen LogP contribution is 2.14. The third-order valence-corrected chi connectivity index (χ3v) is 4.84. The average molecular weight is 378 g/mol. The first-order valence-electron chi connectivity index (χ1n) is 9.61. The van der Waals surface area contributed by atoms with Crippen molar-refractivity contribution >= 4 is 17.9 Å². The van der Waals surface area contributed by atoms with Crippen molar-refractivity contribution in [3.05, 3.63) is 71.8 Å². The topological polar surface area (TPSA) is 58.6 Å². The van der Waals surface area contributed by atoms with Gasteiger partial charge in [-0.15, -0.1) is 0 Å². The molecular weight excluding hydrogens is 352 g/mol. The molecular formula is C23H26N2O3. The molecule has 5 nitrogen and oxygen atoms in total. The van der Waals surface area contributed by atoms with E-state index in [4.69, 9.17) is 4.74 Å². The summed E-state index contributed by atoms with van der Waals surface area (Å²) in [4.78, 5) is 27.3. The number of benzene rings is 2. The van der Waals surface area contributed by atoms with Crippen LogP contribution in [0, 0.1) is 0 Å². The maximum absolute atomic E-state index is 12.9. The van der Waals surface area contributed by atoms with Crippen LogP contribution in [0.3, 0.4) is 0 Å². The summed E-state index contributed by atoms with van der Waals surface area (Å²) < 4.78 is 5.20. The summed E-state index contributed by atoms with van der Waals surface area (Å²) in [6, 6.07) is 16.7. The summed E-state index contributed by atoms with van der Waals surface area (Å²) in [7, 11) is 1.60. The Labute approximate surface area is 166 Å². The number of methoxy groups -OCH3 is 1. The van der Waals surface area contributed by atoms with Crippen LogP contribution in [0.5, 0.6) is 5.75 Å². The minimum atomic E-state index is -0.567. The van der Waals surface area contributed by atoms with Gasteiger partial charge >= 0.3 is 0 Å². The number of nitrogens with one attached hydrogen (secondary N) is 1. The van der Waals surface area contributed by atoms with Crippen LogP contribution in [0.15, 0.2) is 60.7 Å². The van der Waals surface area contributed by atoms with Gasteiger partial charge in [0, 0.05) is 25.6 Å². The molecule has 2 aromatic rings. The Morgan fingerprint density at radius 3 is 2.57 bits per heavy atom. The van der Waals surface area contributed by atoms with E-state index in [1.165, 1.54) is 6.08 Å². The minimum absolute atomic E-state index is 0.00974. The van der Waals surface area contributed by atoms with E-state index in [1.54, 1.807) is 13.2 Å². The molecule has 5 heteroatoms. The van der Waals surface area contributed by atoms with Crippen molar-refractivity contribution in [2.45, 2.75) is 25.3 Å². The van der Waals surface area contributed by atoms with Crippen molar-refractivity contribution in [3.8, 4) is 5.75 Å². The molecule has 1 N–H and O–H groups in total. The van der Waals surface area contributed by atoms with Crippen LogP contribution in [-0.2, 0) is 16.0 Å². The molecule has 3 rings (SSSR count). The second kappa shape index (κ2) is 9.74. The maximum atomic E-state index is 12.9. The van der Waals surface area contributed by atoms with Gasteiger partial charge in [-0.2, -0.15) is 0 Å². The molecule has 0 saturated carbocycles. The quantitative estimate of drug-likeness (QED) is 0.754. The number of hydrogen-bond acceptors (Lipinski definition) is 3. The number of likely N-dealkylation sites (tertiary alicyclic amines) is 1. The van der Waals surface area contributed by atoms with E-state index in [1.807, 2.05) is 59.5 Å². The zero-order valence-corrected chi connectivity index (χ0v) is 16.1. The molecule has 1 aliphatic rings. The SMILES string of the molecule is COc1cccc(/C=C\C(=O)N[C@H](Cc2ccccc2)C(=O)N2CCCC2)c1. The molecule has 0 bridgehead atoms. The molecule has 0 unspecified atom stereocenters. The van der Waals surface area contributed by atoms with Crippen molar-refractivity contribution in [2.75, 3.05) is 20.2 Å². The predicted octanol–water partition coefficient (Wildman–Crippen LogP) is 3.06. The van der Waals surface area contributed by atoms with Crippen molar-refractivity contribution in [2.24, 2.45) is 0 Å². The van der Waals surface area contributed by atoms with Gasteiger partial charge in [0.2, 0.25) is 11.8 Å². The zero-order valence-electron chi connectivity index (χ0n) is 16.1. The average Bonchev–Trinajstić information content (AvgIpc) is 3.27. The lowest BCUT2D eigenvalue weighted by Crippen LogP contribution is -2.48. The van der Waals surface area contributed by atoms with Crippen molar-refractivity contribution < 1.29 is 14.3 Å². The first-order chi connectivity index (χ1) is 13.7. The molecule has 28 heavy (non-hydrogen) atoms. The highest BCUT2D eigenvalue weighted by molar-refractivity contribution is 5.95. The number of rotatable bonds is 7. The monoisotopic (exact) mass is 378 g/mol. The number of nitrogens with zero attached hydrogens (tertiary/aromatic N) is 1. The van der Waals surface area contributed by atoms with Crippen molar-refractivity contribution in [3.63, 3.8) is 0 Å². The first-order valence-corrected chi connectivity index (χ1v) is 9.61. The number of hydrogen-bond donors (Lipinski definition) is 1. The summed E-state index contributed by atoms with van der Waals surface area (Å²) in [6.45, 7) is 1.53. The minimum Gasteiger partial charge on any atom is -0.497 e. The van der Waals surface area contributed by atoms with Gasteiger partial charge in [0.1, 0.15) is 11.8 Å². The molecule has 2 aromatic carbocycles. The number of ether oxygens (including phenoxy) is 1. The smallest absolute Gasteiger partial charge is 0.245 e. The molecule has 0 spiro atoms. The van der Waals surface area contributed by atoms with E-state index in [9.17, 15) is 9.59 Å². The molecule has 146 valence electrons. The number of carbonyl (C=O) groups excluding carboxylic acids is 2. The van der Waals surface area contributed by atoms with Gasteiger partial charge in [-0.1, -0.05) is 42.5 Å². The summed E-state index contributed by atoms with van der Waals surface area (Å²) in [6.07, 6.45) is 5.71. The Kier molecular flexibility index (Phi) is 6.84. The fourth-order valence-corrected chi connectivity index (χ4v) is 3.34. The zero-order chi connectivity index (χ0) is 19.8. The van der Waals surface area contributed by atoms with Crippen LogP contribution in [0.1, 0.15) is 24.0 Å². The molecule has 1 saturated heterocycles. The van der Waals surface area contributed by atoms with Gasteiger partial charge in [0.25, 0.3) is 0 Å². The standard InChI is InChI=1S/C23H26N2O3/c1-28-20-11-7-10-19(16-20)12-13-22(26)24-21(17-18-8-3-2-4-9-18)23(27)25-14-5-6-15-25/h2-4,7-13,16,21H,5-6,14-15,17H2,1H3,(H,24,26)/b13-12-/t21-/m1/s1. The third-order valence-electron chi connectivity index (χ3n) is 4.84. The Morgan fingerprint density at radius 1 is 1.11 bits per heavy atom. The number of amides is 2. The lowest BCUT2D eigenvalue weighted by atomic mass is 10.0. The highest BCUT2D eigenvalue weighted by Gasteiger charge is 2.27. The normalized spacial score (nSPS) is 14.8. The van der Waals surface area contributed by atoms with Crippen molar-refractivity contribution in [1.29, 1.82) is 0 Å². The van der Waals surface area contributed by atoms with Gasteiger partial charge in [-0.25, -0.2) is 0 Å². The van der Waals surface area contributed by atoms with Gasteiger partial charge < -0.3 is 15.0 Å². The van der Waals surface area contributed by atoms with E-state index in [2.05, 4.69) is 5.32 Å². The van der Waals surface area contributed by atoms with Gasteiger partial charge in [0.15, 0.2) is 0 Å². The molecule has 0 aromatic heterocycles. The fourth-order valence-electron chi connectivity index (χ4n) is 3.34. The molecule has 1 heterocycles. The molecule has 2 amide bonds. The Morgan fingerprint density at radius 2 is 1.86 bits per heavy atom. The Bertz CT molecular complexity index is 827. The van der Waals surface area contributed by atoms with Crippen LogP contribution in [0.25, 0.3) is 6.08 Å². The first kappa shape index (κ1) is 19.7. The molecule has 0 aliphatic carbocycles. The van der Waals surface area contributed by atoms with E-state index in [-0.39, 0.29) is 11.8 Å². The number of carbonyl (C=O) groups is 2. The molecule has 1 atom stereocenters. The summed E-state index contributed by atoms with van der Waals surface area (Å²) in [5, 5.41) is 2.89. The van der Waals surface area contributed by atoms with Crippen LogP contribution in [-0.4, -0.2) is 43.0 Å². The van der Waals surface area contributed by atoms with Gasteiger partial charge in [-0.3, -0.25) is 9.59 Å². The van der Waals surface area contributed by atoms with Crippen LogP contribution >= 0.6 is 0 Å². The largest absolute Gasteiger partial charge is 0.497 e. The molecule has 1 aliphatic heterocycles. The van der Waals surface area contributed by atoms with Crippen LogP contribution < -0.4 is 10.1 Å². The third kappa shape index (κ3) is 5.46. The fraction of sp³-hybridized carbons (Fsp3) is 0.304. The Balaban J connectivity index is 1.69. The molecule has 1 fully saturated rings. The second-order valence-corrected chi connectivity index (χ2v) is 6.89. The van der Waals surface area contributed by atoms with Gasteiger partial charge in [0.05, 0.1) is 7.11 Å². The van der Waals surface area contributed by atoms with Gasteiger partial charge in [-0.05, 0) is 42.2 Å². The summed E-state index contributed by atoms with van der Waals surface area (Å²) >= 11 is 0. The van der Waals surface area contributed by atoms with Crippen LogP contribution in [0.2, 0.25) is 0 Å². The lowest BCUT2D eigenvalue weighted by Gasteiger charge is -2.23. The van der Waals surface area contributed by atoms with E-state index in [0.29, 0.717) is 6.42 Å². The van der Waals surface area contributed by atoms with Crippen LogP contribution in [0.4, 0.5) is 0 Å². The van der Waals surface area contributed by atoms with Crippen molar-refractivity contribution in [1.82, 2.24) is 10.2 Å². The maximum Gasteiger partial charge on any atom is 0.245 e. The summed E-state index contributed by atoms with van der Waals surface area (Å²) in [5.74, 6) is 0.439. The lowest BCUT2D eigenvalue weighted by molar-refractivity contribution is -0.134. The van der Waals surface area contributed by atoms with E-state index < -0.39 is 6.04 Å². The molecule has 0 radical (unpaired) electrons.